The van der Waals surface area contributed by atoms with E-state index in [1.807, 2.05) is 0 Å². The predicted molar refractivity (Wildman–Crippen MR) is 80.1 cm³/mol. The second-order valence-electron chi connectivity index (χ2n) is 8.07. The van der Waals surface area contributed by atoms with E-state index in [0.717, 1.165) is 19.3 Å². The molecule has 0 saturated heterocycles. The van der Waals surface area contributed by atoms with Crippen LogP contribution >= 0.6 is 0 Å². The molecule has 24 heavy (non-hydrogen) atoms. The van der Waals surface area contributed by atoms with E-state index in [9.17, 15) is 19.7 Å². The molecule has 4 saturated carbocycles. The first-order chi connectivity index (χ1) is 11.2. The van der Waals surface area contributed by atoms with Crippen molar-refractivity contribution in [2.45, 2.75) is 58.0 Å². The third-order valence-corrected chi connectivity index (χ3v) is 5.68. The molecule has 4 bridgehead atoms. The Hall–Kier alpha value is -1.86. The molecule has 0 spiro atoms. The molecule has 4 rings (SSSR count). The van der Waals surface area contributed by atoms with Crippen LogP contribution in [0.15, 0.2) is 0 Å². The molecule has 4 aliphatic rings. The second-order valence-corrected chi connectivity index (χ2v) is 8.07. The lowest BCUT2D eigenvalue weighted by Crippen LogP contribution is -2.63. The molecule has 4 fully saturated rings. The maximum atomic E-state index is 11.3. The number of rotatable bonds is 6. The van der Waals surface area contributed by atoms with Crippen molar-refractivity contribution >= 4 is 11.9 Å². The highest BCUT2D eigenvalue weighted by Crippen LogP contribution is 2.67. The first kappa shape index (κ1) is 17.0. The monoisotopic (exact) mass is 341 g/mol. The van der Waals surface area contributed by atoms with Crippen LogP contribution in [0.3, 0.4) is 0 Å². The Bertz CT molecular complexity index is 541. The van der Waals surface area contributed by atoms with Crippen molar-refractivity contribution in [2.75, 3.05) is 13.2 Å². The molecule has 0 heterocycles. The van der Waals surface area contributed by atoms with Gasteiger partial charge in [0.25, 0.3) is 5.09 Å². The van der Waals surface area contributed by atoms with E-state index in [1.165, 1.54) is 13.8 Å². The fourth-order valence-corrected chi connectivity index (χ4v) is 5.84. The van der Waals surface area contributed by atoms with Crippen molar-refractivity contribution in [2.24, 2.45) is 16.7 Å². The molecule has 0 aromatic heterocycles. The van der Waals surface area contributed by atoms with Crippen LogP contribution in [0.1, 0.15) is 52.4 Å². The first-order valence-corrected chi connectivity index (χ1v) is 8.26. The van der Waals surface area contributed by atoms with Crippen molar-refractivity contribution in [3.8, 4) is 0 Å². The summed E-state index contributed by atoms with van der Waals surface area (Å²) in [6, 6.07) is 0. The van der Waals surface area contributed by atoms with E-state index in [-0.39, 0.29) is 41.9 Å². The Morgan fingerprint density at radius 1 is 1.00 bits per heavy atom. The third-order valence-electron chi connectivity index (χ3n) is 5.68. The van der Waals surface area contributed by atoms with Crippen molar-refractivity contribution < 1.29 is 29.0 Å². The molecule has 0 aliphatic heterocycles. The van der Waals surface area contributed by atoms with Crippen LogP contribution < -0.4 is 0 Å². The summed E-state index contributed by atoms with van der Waals surface area (Å²) in [7, 11) is 0. The SMILES string of the molecule is CC(=O)OCC12CC3CC(COC(C)=O)(C1)CC(O[N+](=O)[O-])(C3)C2. The molecular formula is C16H23NO7. The predicted octanol–water partition coefficient (Wildman–Crippen LogP) is 2.03. The molecule has 4 aliphatic carbocycles. The summed E-state index contributed by atoms with van der Waals surface area (Å²) in [6.07, 6.45) is 4.12. The van der Waals surface area contributed by atoms with Gasteiger partial charge in [-0.1, -0.05) is 0 Å². The number of carbonyl (C=O) groups excluding carboxylic acids is 2. The van der Waals surface area contributed by atoms with Gasteiger partial charge in [0.05, 0.1) is 13.2 Å². The fraction of sp³-hybridized carbons (Fsp3) is 0.875. The van der Waals surface area contributed by atoms with Crippen molar-refractivity contribution in [3.05, 3.63) is 10.1 Å². The Labute approximate surface area is 139 Å². The first-order valence-electron chi connectivity index (χ1n) is 8.26. The number of nitrogens with zero attached hydrogens (tertiary/aromatic N) is 1. The molecule has 2 unspecified atom stereocenters. The molecule has 2 atom stereocenters. The van der Waals surface area contributed by atoms with Crippen LogP contribution in [0.25, 0.3) is 0 Å². The van der Waals surface area contributed by atoms with Crippen molar-refractivity contribution in [3.63, 3.8) is 0 Å². The standard InChI is InChI=1S/C16H23NO7/c1-11(18)22-9-14-3-13-4-15(6-14,10-23-12(2)19)8-16(5-13,7-14)24-17(20)21/h13H,3-10H2,1-2H3. The zero-order chi connectivity index (χ0) is 17.6. The Morgan fingerprint density at radius 2 is 1.50 bits per heavy atom. The van der Waals surface area contributed by atoms with Gasteiger partial charge >= 0.3 is 11.9 Å². The number of ether oxygens (including phenoxy) is 2. The highest BCUT2D eigenvalue weighted by molar-refractivity contribution is 5.66. The quantitative estimate of drug-likeness (QED) is 0.413. The molecule has 0 N–H and O–H groups in total. The summed E-state index contributed by atoms with van der Waals surface area (Å²) in [5.41, 5.74) is -1.52. The molecule has 0 radical (unpaired) electrons. The third kappa shape index (κ3) is 3.18. The average molecular weight is 341 g/mol. The van der Waals surface area contributed by atoms with Crippen molar-refractivity contribution in [1.82, 2.24) is 0 Å². The van der Waals surface area contributed by atoms with E-state index < -0.39 is 10.7 Å². The number of esters is 2. The lowest BCUT2D eigenvalue weighted by atomic mass is 9.43. The maximum absolute atomic E-state index is 11.3. The van der Waals surface area contributed by atoms with Gasteiger partial charge in [-0.2, -0.15) is 0 Å². The highest BCUT2D eigenvalue weighted by Gasteiger charge is 2.65. The van der Waals surface area contributed by atoms with Crippen LogP contribution in [0.5, 0.6) is 0 Å². The van der Waals surface area contributed by atoms with Crippen LogP contribution in [0.2, 0.25) is 0 Å². The fourth-order valence-electron chi connectivity index (χ4n) is 5.84. The second kappa shape index (κ2) is 5.60. The van der Waals surface area contributed by atoms with Gasteiger partial charge in [-0.15, -0.1) is 10.1 Å². The molecular weight excluding hydrogens is 318 g/mol. The number of hydrogen-bond acceptors (Lipinski definition) is 7. The van der Waals surface area contributed by atoms with Crippen LogP contribution in [0, 0.1) is 26.9 Å². The van der Waals surface area contributed by atoms with Crippen LogP contribution in [-0.4, -0.2) is 35.8 Å². The summed E-state index contributed by atoms with van der Waals surface area (Å²) in [4.78, 5) is 38.7. The van der Waals surface area contributed by atoms with E-state index in [0.29, 0.717) is 19.3 Å². The van der Waals surface area contributed by atoms with Gasteiger partial charge in [0.15, 0.2) is 0 Å². The largest absolute Gasteiger partial charge is 0.465 e. The lowest BCUT2D eigenvalue weighted by molar-refractivity contribution is -0.786. The zero-order valence-electron chi connectivity index (χ0n) is 14.0. The smallest absolute Gasteiger partial charge is 0.302 e. The Morgan fingerprint density at radius 3 is 1.92 bits per heavy atom. The molecule has 8 nitrogen and oxygen atoms in total. The summed E-state index contributed by atoms with van der Waals surface area (Å²) in [5.74, 6) is -0.458. The topological polar surface area (TPSA) is 105 Å². The van der Waals surface area contributed by atoms with Crippen LogP contribution in [0.4, 0.5) is 0 Å². The summed E-state index contributed by atoms with van der Waals surface area (Å²) >= 11 is 0. The van der Waals surface area contributed by atoms with Gasteiger partial charge in [-0.3, -0.25) is 9.59 Å². The highest BCUT2D eigenvalue weighted by atomic mass is 17.0. The summed E-state index contributed by atoms with van der Waals surface area (Å²) in [5, 5.41) is 10.3. The summed E-state index contributed by atoms with van der Waals surface area (Å²) < 4.78 is 10.6. The zero-order valence-corrected chi connectivity index (χ0v) is 14.0. The Kier molecular flexibility index (Phi) is 3.96. The van der Waals surface area contributed by atoms with Gasteiger partial charge < -0.3 is 14.3 Å². The van der Waals surface area contributed by atoms with Gasteiger partial charge in [-0.05, 0) is 44.4 Å². The molecule has 0 aromatic rings. The van der Waals surface area contributed by atoms with E-state index in [2.05, 4.69) is 0 Å². The van der Waals surface area contributed by atoms with Crippen molar-refractivity contribution in [1.29, 1.82) is 0 Å². The lowest BCUT2D eigenvalue weighted by Gasteiger charge is -2.64. The minimum Gasteiger partial charge on any atom is -0.465 e. The van der Waals surface area contributed by atoms with Gasteiger partial charge in [-0.25, -0.2) is 0 Å². The minimum atomic E-state index is -0.858. The maximum Gasteiger partial charge on any atom is 0.302 e. The van der Waals surface area contributed by atoms with E-state index >= 15 is 0 Å². The van der Waals surface area contributed by atoms with E-state index in [4.69, 9.17) is 14.3 Å². The van der Waals surface area contributed by atoms with Gasteiger partial charge in [0.2, 0.25) is 0 Å². The average Bonchev–Trinajstić information content (AvgIpc) is 2.40. The number of hydrogen-bond donors (Lipinski definition) is 0. The summed E-state index contributed by atoms with van der Waals surface area (Å²) in [6.45, 7) is 3.20. The molecule has 0 aromatic carbocycles. The van der Waals surface area contributed by atoms with Crippen LogP contribution in [-0.2, 0) is 23.9 Å². The number of carbonyl (C=O) groups is 2. The van der Waals surface area contributed by atoms with Gasteiger partial charge in [0.1, 0.15) is 5.60 Å². The molecule has 8 heteroatoms. The molecule has 134 valence electrons. The van der Waals surface area contributed by atoms with E-state index in [1.54, 1.807) is 0 Å². The minimum absolute atomic E-state index is 0.240. The molecule has 0 amide bonds. The Balaban J connectivity index is 1.88. The van der Waals surface area contributed by atoms with Gasteiger partial charge in [0, 0.05) is 24.7 Å². The normalized spacial score (nSPS) is 39.3.